The molecule has 1 aromatic carbocycles. The molecule has 6 nitrogen and oxygen atoms in total. The number of nitrogens with one attached hydrogen (secondary N) is 1. The summed E-state index contributed by atoms with van der Waals surface area (Å²) in [5.74, 6) is -0.0440. The highest BCUT2D eigenvalue weighted by Crippen LogP contribution is 2.27. The lowest BCUT2D eigenvalue weighted by molar-refractivity contribution is 0.0785. The second-order valence-electron chi connectivity index (χ2n) is 5.98. The van der Waals surface area contributed by atoms with Crippen LogP contribution in [0.3, 0.4) is 0 Å². The minimum atomic E-state index is -0.0440. The first-order chi connectivity index (χ1) is 12.1. The zero-order valence-corrected chi connectivity index (χ0v) is 14.6. The second-order valence-corrected chi connectivity index (χ2v) is 5.98. The van der Waals surface area contributed by atoms with Gasteiger partial charge in [0, 0.05) is 43.1 Å². The monoisotopic (exact) mass is 339 g/mol. The molecule has 1 amide bonds. The zero-order chi connectivity index (χ0) is 17.8. The average molecular weight is 339 g/mol. The first kappa shape index (κ1) is 17.0. The number of hydrogen-bond donors (Lipinski definition) is 1. The van der Waals surface area contributed by atoms with Crippen LogP contribution in [0.1, 0.15) is 27.3 Å². The number of rotatable bonds is 6. The number of aromatic amines is 1. The van der Waals surface area contributed by atoms with Crippen molar-refractivity contribution >= 4 is 5.91 Å². The predicted octanol–water partition coefficient (Wildman–Crippen LogP) is 3.40. The summed E-state index contributed by atoms with van der Waals surface area (Å²) in [6, 6.07) is 9.43. The van der Waals surface area contributed by atoms with E-state index in [0.717, 1.165) is 28.1 Å². The number of benzene rings is 1. The van der Waals surface area contributed by atoms with Crippen LogP contribution in [0.5, 0.6) is 0 Å². The van der Waals surface area contributed by atoms with Gasteiger partial charge in [0.1, 0.15) is 0 Å². The van der Waals surface area contributed by atoms with E-state index in [1.165, 1.54) is 0 Å². The van der Waals surface area contributed by atoms with Gasteiger partial charge in [0.05, 0.1) is 24.8 Å². The van der Waals surface area contributed by atoms with Gasteiger partial charge in [0.2, 0.25) is 0 Å². The lowest BCUT2D eigenvalue weighted by atomic mass is 10.0. The molecule has 2 aromatic heterocycles. The van der Waals surface area contributed by atoms with Crippen molar-refractivity contribution in [3.63, 3.8) is 0 Å². The van der Waals surface area contributed by atoms with Crippen LogP contribution in [-0.2, 0) is 17.9 Å². The molecular formula is C19H21N3O3. The molecule has 25 heavy (non-hydrogen) atoms. The summed E-state index contributed by atoms with van der Waals surface area (Å²) in [6.07, 6.45) is 3.25. The first-order valence-corrected chi connectivity index (χ1v) is 8.00. The number of aromatic nitrogens is 2. The van der Waals surface area contributed by atoms with E-state index in [-0.39, 0.29) is 5.91 Å². The van der Waals surface area contributed by atoms with Crippen molar-refractivity contribution in [1.82, 2.24) is 15.1 Å². The number of aryl methyl sites for hydroxylation is 1. The summed E-state index contributed by atoms with van der Waals surface area (Å²) in [6.45, 7) is 2.87. The van der Waals surface area contributed by atoms with Gasteiger partial charge in [0.15, 0.2) is 0 Å². The lowest BCUT2D eigenvalue weighted by Crippen LogP contribution is -2.25. The SMILES string of the molecule is COCc1n[nH]c(C)c1-c1cccc(C(=O)N(C)Cc2ccoc2)c1. The third-order valence-electron chi connectivity index (χ3n) is 4.05. The number of carbonyl (C=O) groups is 1. The van der Waals surface area contributed by atoms with Crippen molar-refractivity contribution in [2.24, 2.45) is 0 Å². The number of nitrogens with zero attached hydrogens (tertiary/aromatic N) is 2. The maximum Gasteiger partial charge on any atom is 0.253 e. The van der Waals surface area contributed by atoms with Crippen molar-refractivity contribution in [3.05, 3.63) is 65.4 Å². The summed E-state index contributed by atoms with van der Waals surface area (Å²) in [5, 5.41) is 7.27. The van der Waals surface area contributed by atoms with Crippen LogP contribution in [-0.4, -0.2) is 35.2 Å². The lowest BCUT2D eigenvalue weighted by Gasteiger charge is -2.17. The Balaban J connectivity index is 1.86. The van der Waals surface area contributed by atoms with Gasteiger partial charge in [-0.15, -0.1) is 0 Å². The fourth-order valence-corrected chi connectivity index (χ4v) is 2.86. The number of H-pyrrole nitrogens is 1. The number of hydrogen-bond acceptors (Lipinski definition) is 4. The normalized spacial score (nSPS) is 10.8. The van der Waals surface area contributed by atoms with E-state index in [9.17, 15) is 4.79 Å². The summed E-state index contributed by atoms with van der Waals surface area (Å²) >= 11 is 0. The third kappa shape index (κ3) is 3.64. The molecule has 0 aliphatic heterocycles. The van der Waals surface area contributed by atoms with Crippen LogP contribution in [0.25, 0.3) is 11.1 Å². The van der Waals surface area contributed by atoms with Crippen LogP contribution in [0, 0.1) is 6.92 Å². The molecule has 0 fully saturated rings. The molecule has 0 bridgehead atoms. The Labute approximate surface area is 146 Å². The number of amides is 1. The van der Waals surface area contributed by atoms with E-state index < -0.39 is 0 Å². The fraction of sp³-hybridized carbons (Fsp3) is 0.263. The van der Waals surface area contributed by atoms with E-state index >= 15 is 0 Å². The van der Waals surface area contributed by atoms with Gasteiger partial charge in [-0.3, -0.25) is 9.89 Å². The molecular weight excluding hydrogens is 318 g/mol. The topological polar surface area (TPSA) is 71.4 Å². The van der Waals surface area contributed by atoms with Crippen molar-refractivity contribution < 1.29 is 13.9 Å². The second kappa shape index (κ2) is 7.36. The molecule has 0 saturated heterocycles. The molecule has 0 aliphatic carbocycles. The summed E-state index contributed by atoms with van der Waals surface area (Å²) in [5.41, 5.74) is 5.29. The smallest absolute Gasteiger partial charge is 0.253 e. The number of carbonyl (C=O) groups excluding carboxylic acids is 1. The first-order valence-electron chi connectivity index (χ1n) is 8.00. The molecule has 3 aromatic rings. The van der Waals surface area contributed by atoms with Gasteiger partial charge in [-0.1, -0.05) is 12.1 Å². The molecule has 0 aliphatic rings. The van der Waals surface area contributed by atoms with Gasteiger partial charge in [0.25, 0.3) is 5.91 Å². The fourth-order valence-electron chi connectivity index (χ4n) is 2.86. The van der Waals surface area contributed by atoms with Crippen LogP contribution in [0.4, 0.5) is 0 Å². The predicted molar refractivity (Wildman–Crippen MR) is 94.0 cm³/mol. The number of methoxy groups -OCH3 is 1. The van der Waals surface area contributed by atoms with Gasteiger partial charge >= 0.3 is 0 Å². The minimum Gasteiger partial charge on any atom is -0.472 e. The van der Waals surface area contributed by atoms with Gasteiger partial charge < -0.3 is 14.1 Å². The van der Waals surface area contributed by atoms with Gasteiger partial charge in [-0.05, 0) is 30.7 Å². The highest BCUT2D eigenvalue weighted by molar-refractivity contribution is 5.95. The molecule has 0 saturated carbocycles. The standard InChI is InChI=1S/C19H21N3O3/c1-13-18(17(12-24-3)21-20-13)15-5-4-6-16(9-15)19(23)22(2)10-14-7-8-25-11-14/h4-9,11H,10,12H2,1-3H3,(H,20,21). The van der Waals surface area contributed by atoms with E-state index in [2.05, 4.69) is 10.2 Å². The molecule has 0 spiro atoms. The quantitative estimate of drug-likeness (QED) is 0.747. The zero-order valence-electron chi connectivity index (χ0n) is 14.6. The molecule has 0 radical (unpaired) electrons. The van der Waals surface area contributed by atoms with Crippen LogP contribution in [0.2, 0.25) is 0 Å². The van der Waals surface area contributed by atoms with E-state index in [1.807, 2.05) is 37.3 Å². The average Bonchev–Trinajstić information content (AvgIpc) is 3.24. The Morgan fingerprint density at radius 3 is 2.92 bits per heavy atom. The van der Waals surface area contributed by atoms with E-state index in [1.54, 1.807) is 31.6 Å². The van der Waals surface area contributed by atoms with Crippen molar-refractivity contribution in [1.29, 1.82) is 0 Å². The Bertz CT molecular complexity index is 853. The maximum absolute atomic E-state index is 12.7. The van der Waals surface area contributed by atoms with E-state index in [4.69, 9.17) is 9.15 Å². The minimum absolute atomic E-state index is 0.0440. The number of ether oxygens (including phenoxy) is 1. The highest BCUT2D eigenvalue weighted by Gasteiger charge is 2.16. The van der Waals surface area contributed by atoms with Crippen molar-refractivity contribution in [2.75, 3.05) is 14.2 Å². The summed E-state index contributed by atoms with van der Waals surface area (Å²) in [7, 11) is 3.42. The Kier molecular flexibility index (Phi) is 5.00. The molecule has 0 unspecified atom stereocenters. The Morgan fingerprint density at radius 2 is 2.20 bits per heavy atom. The van der Waals surface area contributed by atoms with Crippen molar-refractivity contribution in [3.8, 4) is 11.1 Å². The maximum atomic E-state index is 12.7. The van der Waals surface area contributed by atoms with Crippen molar-refractivity contribution in [2.45, 2.75) is 20.1 Å². The third-order valence-corrected chi connectivity index (χ3v) is 4.05. The number of furan rings is 1. The van der Waals surface area contributed by atoms with Crippen LogP contribution < -0.4 is 0 Å². The summed E-state index contributed by atoms with van der Waals surface area (Å²) < 4.78 is 10.3. The highest BCUT2D eigenvalue weighted by atomic mass is 16.5. The molecule has 6 heteroatoms. The largest absolute Gasteiger partial charge is 0.472 e. The van der Waals surface area contributed by atoms with Gasteiger partial charge in [-0.25, -0.2) is 0 Å². The summed E-state index contributed by atoms with van der Waals surface area (Å²) in [4.78, 5) is 14.4. The molecule has 130 valence electrons. The van der Waals surface area contributed by atoms with Crippen LogP contribution >= 0.6 is 0 Å². The molecule has 1 N–H and O–H groups in total. The van der Waals surface area contributed by atoms with Crippen LogP contribution in [0.15, 0.2) is 47.3 Å². The Morgan fingerprint density at radius 1 is 1.36 bits per heavy atom. The van der Waals surface area contributed by atoms with E-state index in [0.29, 0.717) is 18.7 Å². The molecule has 2 heterocycles. The molecule has 0 atom stereocenters. The Hall–Kier alpha value is -2.86. The van der Waals surface area contributed by atoms with Gasteiger partial charge in [-0.2, -0.15) is 5.10 Å². The molecule has 3 rings (SSSR count).